The largest absolute Gasteiger partial charge is 0.507 e. The lowest BCUT2D eigenvalue weighted by atomic mass is 10.1. The number of nitrogens with zero attached hydrogens (tertiary/aromatic N) is 3. The molecule has 4 nitrogen and oxygen atoms in total. The highest BCUT2D eigenvalue weighted by Gasteiger charge is 2.34. The van der Waals surface area contributed by atoms with Gasteiger partial charge in [0.15, 0.2) is 0 Å². The highest BCUT2D eigenvalue weighted by atomic mass is 19.4. The molecule has 0 bridgehead atoms. The zero-order valence-corrected chi connectivity index (χ0v) is 8.78. The van der Waals surface area contributed by atoms with Crippen molar-refractivity contribution in [1.29, 1.82) is 0 Å². The van der Waals surface area contributed by atoms with Gasteiger partial charge in [0.2, 0.25) is 0 Å². The van der Waals surface area contributed by atoms with Crippen molar-refractivity contribution in [1.82, 2.24) is 5.01 Å². The van der Waals surface area contributed by atoms with Crippen molar-refractivity contribution in [2.24, 2.45) is 10.3 Å². The molecule has 0 amide bonds. The first-order chi connectivity index (χ1) is 7.97. The van der Waals surface area contributed by atoms with Crippen molar-refractivity contribution in [2.75, 3.05) is 13.1 Å². The predicted octanol–water partition coefficient (Wildman–Crippen LogP) is 2.59. The van der Waals surface area contributed by atoms with E-state index >= 15 is 0 Å². The van der Waals surface area contributed by atoms with Crippen molar-refractivity contribution in [3.63, 3.8) is 0 Å². The van der Waals surface area contributed by atoms with Gasteiger partial charge in [-0.15, -0.1) is 0 Å². The lowest BCUT2D eigenvalue weighted by Gasteiger charge is -2.14. The van der Waals surface area contributed by atoms with Gasteiger partial charge in [-0.25, -0.2) is 0 Å². The lowest BCUT2D eigenvalue weighted by molar-refractivity contribution is -0.138. The van der Waals surface area contributed by atoms with Crippen LogP contribution in [-0.4, -0.2) is 23.2 Å². The average molecular weight is 245 g/mol. The highest BCUT2D eigenvalue weighted by molar-refractivity contribution is 5.38. The summed E-state index contributed by atoms with van der Waals surface area (Å²) in [4.78, 5) is 0. The molecule has 0 aromatic heterocycles. The fraction of sp³-hybridized carbons (Fsp3) is 0.400. The van der Waals surface area contributed by atoms with Crippen LogP contribution in [0.15, 0.2) is 28.5 Å². The third-order valence-corrected chi connectivity index (χ3v) is 2.38. The summed E-state index contributed by atoms with van der Waals surface area (Å²) in [5.41, 5.74) is -0.581. The van der Waals surface area contributed by atoms with Gasteiger partial charge in [-0.1, -0.05) is 11.3 Å². The number of halogens is 3. The van der Waals surface area contributed by atoms with Crippen LogP contribution in [-0.2, 0) is 12.7 Å². The number of phenolic OH excluding ortho intramolecular Hbond substituents is 1. The standard InChI is InChI=1S/C10H10F3N3O/c11-10(12,13)8-5-7(1-2-9(8)17)6-16-4-3-14-15-16/h1-2,5,17H,3-4,6H2. The molecule has 0 aliphatic carbocycles. The Kier molecular flexibility index (Phi) is 2.91. The maximum atomic E-state index is 12.5. The van der Waals surface area contributed by atoms with Gasteiger partial charge in [0.1, 0.15) is 5.75 Å². The van der Waals surface area contributed by atoms with Gasteiger partial charge in [-0.3, -0.25) is 5.01 Å². The normalized spacial score (nSPS) is 15.6. The zero-order chi connectivity index (χ0) is 12.5. The SMILES string of the molecule is Oc1ccc(CN2CCN=N2)cc1C(F)(F)F. The molecule has 1 aliphatic rings. The van der Waals surface area contributed by atoms with Gasteiger partial charge < -0.3 is 5.11 Å². The molecule has 0 atom stereocenters. The fourth-order valence-corrected chi connectivity index (χ4v) is 1.57. The van der Waals surface area contributed by atoms with Crippen LogP contribution in [0, 0.1) is 0 Å². The molecule has 1 aliphatic heterocycles. The first-order valence-electron chi connectivity index (χ1n) is 4.98. The van der Waals surface area contributed by atoms with Crippen LogP contribution in [0.3, 0.4) is 0 Å². The highest BCUT2D eigenvalue weighted by Crippen LogP contribution is 2.36. The third kappa shape index (κ3) is 2.66. The number of phenols is 1. The smallest absolute Gasteiger partial charge is 0.419 e. The minimum Gasteiger partial charge on any atom is -0.507 e. The molecule has 2 rings (SSSR count). The van der Waals surface area contributed by atoms with Gasteiger partial charge in [-0.05, 0) is 17.7 Å². The second-order valence-electron chi connectivity index (χ2n) is 3.69. The van der Waals surface area contributed by atoms with Gasteiger partial charge in [-0.2, -0.15) is 18.3 Å². The molecular weight excluding hydrogens is 235 g/mol. The van der Waals surface area contributed by atoms with E-state index in [1.54, 1.807) is 5.01 Å². The van der Waals surface area contributed by atoms with Crippen molar-refractivity contribution in [3.8, 4) is 5.75 Å². The average Bonchev–Trinajstić information content (AvgIpc) is 2.72. The van der Waals surface area contributed by atoms with Crippen molar-refractivity contribution < 1.29 is 18.3 Å². The minimum absolute atomic E-state index is 0.257. The molecule has 0 spiro atoms. The number of hydrogen-bond donors (Lipinski definition) is 1. The maximum Gasteiger partial charge on any atom is 0.419 e. The molecule has 1 N–H and O–H groups in total. The molecule has 17 heavy (non-hydrogen) atoms. The molecule has 1 heterocycles. The molecule has 1 aromatic rings. The Morgan fingerprint density at radius 3 is 2.71 bits per heavy atom. The lowest BCUT2D eigenvalue weighted by Crippen LogP contribution is -2.15. The van der Waals surface area contributed by atoms with E-state index in [0.717, 1.165) is 12.1 Å². The number of alkyl halides is 3. The molecule has 92 valence electrons. The van der Waals surface area contributed by atoms with E-state index in [-0.39, 0.29) is 6.54 Å². The quantitative estimate of drug-likeness (QED) is 0.870. The molecule has 0 unspecified atom stereocenters. The van der Waals surface area contributed by atoms with E-state index in [1.165, 1.54) is 6.07 Å². The zero-order valence-electron chi connectivity index (χ0n) is 8.78. The summed E-state index contributed by atoms with van der Waals surface area (Å²) < 4.78 is 37.6. The van der Waals surface area contributed by atoms with Crippen LogP contribution in [0.5, 0.6) is 5.75 Å². The number of aromatic hydroxyl groups is 1. The molecule has 1 aromatic carbocycles. The van der Waals surface area contributed by atoms with Gasteiger partial charge >= 0.3 is 6.18 Å². The summed E-state index contributed by atoms with van der Waals surface area (Å²) in [6.07, 6.45) is -4.55. The van der Waals surface area contributed by atoms with Gasteiger partial charge in [0.05, 0.1) is 25.2 Å². The third-order valence-electron chi connectivity index (χ3n) is 2.38. The van der Waals surface area contributed by atoms with E-state index in [2.05, 4.69) is 10.3 Å². The molecule has 0 saturated carbocycles. The topological polar surface area (TPSA) is 48.2 Å². The minimum atomic E-state index is -4.55. The first kappa shape index (κ1) is 11.7. The Labute approximate surface area is 95.4 Å². The monoisotopic (exact) mass is 245 g/mol. The van der Waals surface area contributed by atoms with E-state index in [0.29, 0.717) is 18.7 Å². The Bertz CT molecular complexity index is 445. The van der Waals surface area contributed by atoms with Gasteiger partial charge in [0.25, 0.3) is 0 Å². The number of rotatable bonds is 2. The van der Waals surface area contributed by atoms with Crippen LogP contribution in [0.25, 0.3) is 0 Å². The van der Waals surface area contributed by atoms with Crippen LogP contribution >= 0.6 is 0 Å². The van der Waals surface area contributed by atoms with Crippen LogP contribution in [0.2, 0.25) is 0 Å². The van der Waals surface area contributed by atoms with E-state index in [4.69, 9.17) is 5.11 Å². The first-order valence-corrected chi connectivity index (χ1v) is 4.98. The van der Waals surface area contributed by atoms with Crippen molar-refractivity contribution in [2.45, 2.75) is 12.7 Å². The molecule has 0 fully saturated rings. The number of benzene rings is 1. The van der Waals surface area contributed by atoms with Gasteiger partial charge in [0, 0.05) is 0 Å². The van der Waals surface area contributed by atoms with Crippen LogP contribution in [0.1, 0.15) is 11.1 Å². The van der Waals surface area contributed by atoms with E-state index in [9.17, 15) is 13.2 Å². The summed E-state index contributed by atoms with van der Waals surface area (Å²) in [5, 5.41) is 18.2. The van der Waals surface area contributed by atoms with E-state index < -0.39 is 17.5 Å². The molecular formula is C10H10F3N3O. The Morgan fingerprint density at radius 2 is 2.12 bits per heavy atom. The summed E-state index contributed by atoms with van der Waals surface area (Å²) in [7, 11) is 0. The summed E-state index contributed by atoms with van der Waals surface area (Å²) >= 11 is 0. The fourth-order valence-electron chi connectivity index (χ4n) is 1.57. The Morgan fingerprint density at radius 1 is 1.35 bits per heavy atom. The Balaban J connectivity index is 2.21. The maximum absolute atomic E-state index is 12.5. The summed E-state index contributed by atoms with van der Waals surface area (Å²) in [6, 6.07) is 3.42. The molecule has 7 heteroatoms. The summed E-state index contributed by atoms with van der Waals surface area (Å²) in [6.45, 7) is 1.42. The van der Waals surface area contributed by atoms with Crippen LogP contribution in [0.4, 0.5) is 13.2 Å². The number of hydrogen-bond acceptors (Lipinski definition) is 4. The van der Waals surface area contributed by atoms with Crippen molar-refractivity contribution in [3.05, 3.63) is 29.3 Å². The predicted molar refractivity (Wildman–Crippen MR) is 53.2 cm³/mol. The van der Waals surface area contributed by atoms with Crippen molar-refractivity contribution >= 4 is 0 Å². The summed E-state index contributed by atoms with van der Waals surface area (Å²) in [5.74, 6) is -0.760. The molecule has 0 radical (unpaired) electrons. The van der Waals surface area contributed by atoms with E-state index in [1.807, 2.05) is 0 Å². The van der Waals surface area contributed by atoms with Crippen LogP contribution < -0.4 is 0 Å². The second-order valence-corrected chi connectivity index (χ2v) is 3.69. The second kappa shape index (κ2) is 4.23. The Hall–Kier alpha value is -1.79. The molecule has 0 saturated heterocycles.